The zero-order valence-corrected chi connectivity index (χ0v) is 17.4. The maximum absolute atomic E-state index is 13.5. The van der Waals surface area contributed by atoms with Gasteiger partial charge in [0.1, 0.15) is 16.7 Å². The van der Waals surface area contributed by atoms with Crippen LogP contribution >= 0.6 is 11.5 Å². The highest BCUT2D eigenvalue weighted by Crippen LogP contribution is 2.29. The van der Waals surface area contributed by atoms with Gasteiger partial charge in [-0.25, -0.2) is 4.39 Å². The van der Waals surface area contributed by atoms with Crippen LogP contribution in [-0.4, -0.2) is 34.2 Å². The molecule has 3 rings (SSSR count). The molecular formula is C20H24FN5O3S. The molecule has 30 heavy (non-hydrogen) atoms. The van der Waals surface area contributed by atoms with Crippen molar-refractivity contribution in [2.45, 2.75) is 51.1 Å². The number of primary amides is 1. The van der Waals surface area contributed by atoms with E-state index in [1.807, 2.05) is 0 Å². The van der Waals surface area contributed by atoms with Gasteiger partial charge >= 0.3 is 0 Å². The maximum atomic E-state index is 13.5. The van der Waals surface area contributed by atoms with Crippen LogP contribution in [0.2, 0.25) is 0 Å². The molecule has 1 unspecified atom stereocenters. The zero-order chi connectivity index (χ0) is 21.8. The first kappa shape index (κ1) is 21.7. The summed E-state index contributed by atoms with van der Waals surface area (Å²) < 4.78 is 17.4. The third kappa shape index (κ3) is 4.43. The number of nitrogen functional groups attached to an aromatic ring is 1. The van der Waals surface area contributed by atoms with Crippen LogP contribution in [0.25, 0.3) is 0 Å². The van der Waals surface area contributed by atoms with Crippen molar-refractivity contribution in [3.05, 3.63) is 40.7 Å². The molecule has 1 heterocycles. The number of rotatable bonds is 7. The fraction of sp³-hybridized carbons (Fsp3) is 0.400. The van der Waals surface area contributed by atoms with Crippen LogP contribution in [0.15, 0.2) is 24.3 Å². The third-order valence-electron chi connectivity index (χ3n) is 5.18. The van der Waals surface area contributed by atoms with Gasteiger partial charge in [0.05, 0.1) is 5.69 Å². The van der Waals surface area contributed by atoms with Crippen molar-refractivity contribution in [3.8, 4) is 0 Å². The molecule has 3 amide bonds. The van der Waals surface area contributed by atoms with Crippen molar-refractivity contribution in [2.75, 3.05) is 10.6 Å². The number of halogens is 1. The number of anilines is 2. The summed E-state index contributed by atoms with van der Waals surface area (Å²) in [5.41, 5.74) is 11.2. The standard InChI is InChI=1S/C20H24FN5O3S/c1-2-14(19(28)24-12-5-3-4-6-12)26(13-9-7-11(21)8-10-13)20(29)17-15(22)16(18(23)27)25-30-17/h7-10,12,14H,2-6,22H2,1H3,(H2,23,27)(H,24,28). The molecule has 2 aromatic rings. The Morgan fingerprint density at radius 3 is 2.43 bits per heavy atom. The second-order valence-corrected chi connectivity index (χ2v) is 7.98. The minimum atomic E-state index is -0.845. The summed E-state index contributed by atoms with van der Waals surface area (Å²) in [5, 5.41) is 3.01. The van der Waals surface area contributed by atoms with Crippen LogP contribution in [0.5, 0.6) is 0 Å². The highest BCUT2D eigenvalue weighted by Gasteiger charge is 2.34. The minimum Gasteiger partial charge on any atom is -0.395 e. The second kappa shape index (κ2) is 9.21. The van der Waals surface area contributed by atoms with E-state index < -0.39 is 23.7 Å². The lowest BCUT2D eigenvalue weighted by Crippen LogP contribution is -2.51. The molecule has 1 aromatic carbocycles. The number of amides is 3. The highest BCUT2D eigenvalue weighted by atomic mass is 32.1. The summed E-state index contributed by atoms with van der Waals surface area (Å²) in [6.45, 7) is 1.79. The zero-order valence-electron chi connectivity index (χ0n) is 16.6. The fourth-order valence-electron chi connectivity index (χ4n) is 3.63. The van der Waals surface area contributed by atoms with Crippen LogP contribution in [0, 0.1) is 5.82 Å². The first-order chi connectivity index (χ1) is 14.3. The van der Waals surface area contributed by atoms with Crippen molar-refractivity contribution < 1.29 is 18.8 Å². The predicted molar refractivity (Wildman–Crippen MR) is 113 cm³/mol. The van der Waals surface area contributed by atoms with Gasteiger partial charge in [0.2, 0.25) is 5.91 Å². The van der Waals surface area contributed by atoms with Gasteiger partial charge in [-0.2, -0.15) is 4.37 Å². The first-order valence-electron chi connectivity index (χ1n) is 9.77. The van der Waals surface area contributed by atoms with Crippen molar-refractivity contribution >= 4 is 40.6 Å². The Labute approximate surface area is 177 Å². The van der Waals surface area contributed by atoms with Gasteiger partial charge in [0.15, 0.2) is 5.69 Å². The predicted octanol–water partition coefficient (Wildman–Crippen LogP) is 2.45. The summed E-state index contributed by atoms with van der Waals surface area (Å²) in [5.74, 6) is -2.21. The van der Waals surface area contributed by atoms with Gasteiger partial charge in [-0.15, -0.1) is 0 Å². The van der Waals surface area contributed by atoms with Crippen molar-refractivity contribution in [2.24, 2.45) is 5.73 Å². The van der Waals surface area contributed by atoms with Crippen LogP contribution in [0.3, 0.4) is 0 Å². The number of nitrogens with one attached hydrogen (secondary N) is 1. The number of carbonyl (C=O) groups is 3. The number of nitrogens with two attached hydrogens (primary N) is 2. The fourth-order valence-corrected chi connectivity index (χ4v) is 4.37. The molecule has 1 fully saturated rings. The highest BCUT2D eigenvalue weighted by molar-refractivity contribution is 7.09. The molecule has 1 aromatic heterocycles. The lowest BCUT2D eigenvalue weighted by Gasteiger charge is -2.31. The second-order valence-electron chi connectivity index (χ2n) is 7.20. The van der Waals surface area contributed by atoms with E-state index in [0.717, 1.165) is 37.2 Å². The van der Waals surface area contributed by atoms with E-state index in [2.05, 4.69) is 9.69 Å². The van der Waals surface area contributed by atoms with Crippen molar-refractivity contribution in [1.29, 1.82) is 0 Å². The largest absolute Gasteiger partial charge is 0.395 e. The van der Waals surface area contributed by atoms with E-state index in [4.69, 9.17) is 11.5 Å². The monoisotopic (exact) mass is 433 g/mol. The first-order valence-corrected chi connectivity index (χ1v) is 10.5. The Morgan fingerprint density at radius 2 is 1.90 bits per heavy atom. The minimum absolute atomic E-state index is 0.000224. The van der Waals surface area contributed by atoms with Gasteiger partial charge in [-0.05, 0) is 55.1 Å². The average molecular weight is 434 g/mol. The van der Waals surface area contributed by atoms with Crippen LogP contribution in [0.4, 0.5) is 15.8 Å². The van der Waals surface area contributed by atoms with E-state index in [9.17, 15) is 18.8 Å². The number of hydrogen-bond donors (Lipinski definition) is 3. The molecule has 1 aliphatic rings. The van der Waals surface area contributed by atoms with Crippen LogP contribution in [0.1, 0.15) is 59.2 Å². The molecule has 0 spiro atoms. The Balaban J connectivity index is 1.98. The van der Waals surface area contributed by atoms with Gasteiger partial charge in [-0.3, -0.25) is 19.3 Å². The van der Waals surface area contributed by atoms with E-state index >= 15 is 0 Å². The number of hydrogen-bond acceptors (Lipinski definition) is 6. The molecule has 10 heteroatoms. The Morgan fingerprint density at radius 1 is 1.27 bits per heavy atom. The Hall–Kier alpha value is -3.01. The molecule has 160 valence electrons. The lowest BCUT2D eigenvalue weighted by molar-refractivity contribution is -0.123. The summed E-state index contributed by atoms with van der Waals surface area (Å²) in [4.78, 5) is 39.2. The number of carbonyl (C=O) groups excluding carboxylic acids is 3. The Kier molecular flexibility index (Phi) is 6.66. The molecule has 5 N–H and O–H groups in total. The molecule has 0 saturated heterocycles. The van der Waals surface area contributed by atoms with Gasteiger partial charge in [0, 0.05) is 11.7 Å². The van der Waals surface area contributed by atoms with E-state index in [0.29, 0.717) is 12.1 Å². The molecule has 0 bridgehead atoms. The van der Waals surface area contributed by atoms with Gasteiger partial charge in [-0.1, -0.05) is 19.8 Å². The van der Waals surface area contributed by atoms with Crippen LogP contribution in [-0.2, 0) is 4.79 Å². The maximum Gasteiger partial charge on any atom is 0.272 e. The van der Waals surface area contributed by atoms with Gasteiger partial charge in [0.25, 0.3) is 11.8 Å². The third-order valence-corrected chi connectivity index (χ3v) is 6.03. The van der Waals surface area contributed by atoms with Crippen molar-refractivity contribution in [3.63, 3.8) is 0 Å². The SMILES string of the molecule is CCC(C(=O)NC1CCCC1)N(C(=O)c1snc(C(N)=O)c1N)c1ccc(F)cc1. The lowest BCUT2D eigenvalue weighted by atomic mass is 10.1. The summed E-state index contributed by atoms with van der Waals surface area (Å²) in [6, 6.07) is 4.49. The van der Waals surface area contributed by atoms with Crippen LogP contribution < -0.4 is 21.7 Å². The van der Waals surface area contributed by atoms with E-state index in [1.165, 1.54) is 29.2 Å². The van der Waals surface area contributed by atoms with Crippen molar-refractivity contribution in [1.82, 2.24) is 9.69 Å². The Bertz CT molecular complexity index is 940. The van der Waals surface area contributed by atoms with Gasteiger partial charge < -0.3 is 16.8 Å². The van der Waals surface area contributed by atoms with E-state index in [-0.39, 0.29) is 28.2 Å². The quantitative estimate of drug-likeness (QED) is 0.617. The summed E-state index contributed by atoms with van der Waals surface area (Å²) >= 11 is 0.738. The average Bonchev–Trinajstić information content (AvgIpc) is 3.35. The number of nitrogens with zero attached hydrogens (tertiary/aromatic N) is 2. The molecule has 1 saturated carbocycles. The molecule has 1 atom stereocenters. The number of aromatic nitrogens is 1. The molecule has 0 aliphatic heterocycles. The normalized spacial score (nSPS) is 15.0. The summed E-state index contributed by atoms with van der Waals surface area (Å²) in [7, 11) is 0. The topological polar surface area (TPSA) is 131 Å². The smallest absolute Gasteiger partial charge is 0.272 e. The molecule has 1 aliphatic carbocycles. The molecule has 8 nitrogen and oxygen atoms in total. The van der Waals surface area contributed by atoms with E-state index in [1.54, 1.807) is 6.92 Å². The molecule has 0 radical (unpaired) electrons. The molecular weight excluding hydrogens is 409 g/mol. The number of benzene rings is 1. The summed E-state index contributed by atoms with van der Waals surface area (Å²) in [6.07, 6.45) is 4.22.